The van der Waals surface area contributed by atoms with Crippen molar-refractivity contribution in [2.75, 3.05) is 25.0 Å². The fraction of sp³-hybridized carbons (Fsp3) is 0.455. The van der Waals surface area contributed by atoms with Crippen molar-refractivity contribution in [3.8, 4) is 5.75 Å². The second-order valence-corrected chi connectivity index (χ2v) is 7.72. The molecule has 8 nitrogen and oxygen atoms in total. The molecule has 0 saturated carbocycles. The summed E-state index contributed by atoms with van der Waals surface area (Å²) in [6, 6.07) is 6.26. The summed E-state index contributed by atoms with van der Waals surface area (Å²) in [6.45, 7) is 4.82. The van der Waals surface area contributed by atoms with Crippen LogP contribution in [0, 0.1) is 6.92 Å². The van der Waals surface area contributed by atoms with Gasteiger partial charge in [0.15, 0.2) is 0 Å². The van der Waals surface area contributed by atoms with E-state index in [-0.39, 0.29) is 31.0 Å². The second-order valence-electron chi connectivity index (χ2n) is 7.72. The predicted molar refractivity (Wildman–Crippen MR) is 115 cm³/mol. The number of alkyl halides is 2. The van der Waals surface area contributed by atoms with E-state index in [1.807, 2.05) is 6.92 Å². The minimum Gasteiger partial charge on any atom is -0.494 e. The molecule has 0 radical (unpaired) electrons. The Morgan fingerprint density at radius 3 is 2.78 bits per heavy atom. The average molecular weight is 447 g/mol. The zero-order valence-electron chi connectivity index (χ0n) is 18.3. The van der Waals surface area contributed by atoms with Gasteiger partial charge >= 0.3 is 0 Å². The maximum atomic E-state index is 14.1. The molecule has 2 aromatic rings. The summed E-state index contributed by atoms with van der Waals surface area (Å²) in [7, 11) is 0. The predicted octanol–water partition coefficient (Wildman–Crippen LogP) is 3.30. The molecule has 2 amide bonds. The minimum atomic E-state index is -2.99. The Morgan fingerprint density at radius 1 is 1.28 bits per heavy atom. The number of rotatable bonds is 7. The third-order valence-corrected chi connectivity index (χ3v) is 5.13. The summed E-state index contributed by atoms with van der Waals surface area (Å²) in [5.74, 6) is -2.42. The number of aromatic nitrogens is 2. The van der Waals surface area contributed by atoms with E-state index in [0.29, 0.717) is 29.6 Å². The number of ether oxygens (including phenoxy) is 1. The van der Waals surface area contributed by atoms with Gasteiger partial charge in [-0.25, -0.2) is 18.7 Å². The zero-order valence-corrected chi connectivity index (χ0v) is 18.3. The first kappa shape index (κ1) is 23.4. The summed E-state index contributed by atoms with van der Waals surface area (Å²) >= 11 is 0. The van der Waals surface area contributed by atoms with Crippen LogP contribution in [-0.4, -0.2) is 58.3 Å². The quantitative estimate of drug-likeness (QED) is 0.676. The standard InChI is InChI=1S/C22H27F2N5O3/c1-4-32-17-8-10-25-19(11-17)27-18-6-5-14(2)20(28-18)21(31)29-13-22(23,24)9-7-16(29)12-26-15(3)30/h5-6,8,10-11,16H,4,7,9,12-13H2,1-3H3,(H,26,30)(H,25,27,28)/t16-/m1/s1. The third kappa shape index (κ3) is 5.89. The van der Waals surface area contributed by atoms with Crippen LogP contribution in [-0.2, 0) is 4.79 Å². The number of anilines is 2. The van der Waals surface area contributed by atoms with Crippen molar-refractivity contribution >= 4 is 23.5 Å². The SMILES string of the molecule is CCOc1ccnc(Nc2ccc(C)c(C(=O)N3CC(F)(F)CC[C@@H]3CNC(C)=O)n2)c1. The molecule has 2 aromatic heterocycles. The molecule has 0 unspecified atom stereocenters. The third-order valence-electron chi connectivity index (χ3n) is 5.13. The Kier molecular flexibility index (Phi) is 7.22. The highest BCUT2D eigenvalue weighted by molar-refractivity contribution is 5.94. The van der Waals surface area contributed by atoms with Crippen LogP contribution in [0.15, 0.2) is 30.5 Å². The second kappa shape index (κ2) is 9.88. The van der Waals surface area contributed by atoms with E-state index in [2.05, 4.69) is 20.6 Å². The normalized spacial score (nSPS) is 17.5. The fourth-order valence-electron chi connectivity index (χ4n) is 3.52. The zero-order chi connectivity index (χ0) is 23.3. The van der Waals surface area contributed by atoms with Crippen molar-refractivity contribution < 1.29 is 23.1 Å². The number of hydrogen-bond acceptors (Lipinski definition) is 6. The van der Waals surface area contributed by atoms with Crippen molar-refractivity contribution in [1.82, 2.24) is 20.2 Å². The van der Waals surface area contributed by atoms with Crippen LogP contribution in [0.25, 0.3) is 0 Å². The highest BCUT2D eigenvalue weighted by Gasteiger charge is 2.42. The first-order valence-electron chi connectivity index (χ1n) is 10.5. The van der Waals surface area contributed by atoms with Crippen LogP contribution in [0.1, 0.15) is 42.7 Å². The van der Waals surface area contributed by atoms with Crippen molar-refractivity contribution in [2.45, 2.75) is 45.6 Å². The number of carbonyl (C=O) groups excluding carboxylic acids is 2. The van der Waals surface area contributed by atoms with E-state index in [9.17, 15) is 18.4 Å². The van der Waals surface area contributed by atoms with Gasteiger partial charge in [0.05, 0.1) is 13.2 Å². The molecule has 0 spiro atoms. The lowest BCUT2D eigenvalue weighted by molar-refractivity contribution is -0.119. The molecule has 0 aromatic carbocycles. The van der Waals surface area contributed by atoms with Crippen molar-refractivity contribution in [1.29, 1.82) is 0 Å². The molecule has 1 aliphatic heterocycles. The van der Waals surface area contributed by atoms with Crippen molar-refractivity contribution in [3.63, 3.8) is 0 Å². The van der Waals surface area contributed by atoms with Gasteiger partial charge in [-0.3, -0.25) is 9.59 Å². The number of nitrogens with one attached hydrogen (secondary N) is 2. The molecule has 1 atom stereocenters. The number of nitrogens with zero attached hydrogens (tertiary/aromatic N) is 3. The van der Waals surface area contributed by atoms with Gasteiger partial charge < -0.3 is 20.3 Å². The van der Waals surface area contributed by atoms with E-state index in [1.165, 1.54) is 6.92 Å². The van der Waals surface area contributed by atoms with Gasteiger partial charge in [-0.1, -0.05) is 6.07 Å². The van der Waals surface area contributed by atoms with Gasteiger partial charge in [0.25, 0.3) is 11.8 Å². The lowest BCUT2D eigenvalue weighted by atomic mass is 9.98. The maximum absolute atomic E-state index is 14.1. The Morgan fingerprint density at radius 2 is 2.06 bits per heavy atom. The monoisotopic (exact) mass is 447 g/mol. The molecule has 2 N–H and O–H groups in total. The molecule has 10 heteroatoms. The summed E-state index contributed by atoms with van der Waals surface area (Å²) in [4.78, 5) is 34.3. The number of piperidine rings is 1. The van der Waals surface area contributed by atoms with E-state index in [1.54, 1.807) is 37.4 Å². The van der Waals surface area contributed by atoms with E-state index in [0.717, 1.165) is 4.90 Å². The van der Waals surface area contributed by atoms with Gasteiger partial charge in [0.1, 0.15) is 23.1 Å². The highest BCUT2D eigenvalue weighted by atomic mass is 19.3. The molecule has 0 aliphatic carbocycles. The van der Waals surface area contributed by atoms with Crippen molar-refractivity contribution in [3.05, 3.63) is 41.7 Å². The molecule has 0 bridgehead atoms. The first-order chi connectivity index (χ1) is 15.2. The summed E-state index contributed by atoms with van der Waals surface area (Å²) in [5, 5.41) is 5.64. The summed E-state index contributed by atoms with van der Waals surface area (Å²) < 4.78 is 33.7. The smallest absolute Gasteiger partial charge is 0.273 e. The number of likely N-dealkylation sites (tertiary alicyclic amines) is 1. The average Bonchev–Trinajstić information content (AvgIpc) is 2.74. The summed E-state index contributed by atoms with van der Waals surface area (Å²) in [6.07, 6.45) is 1.33. The Hall–Kier alpha value is -3.30. The molecule has 1 fully saturated rings. The number of carbonyl (C=O) groups is 2. The largest absolute Gasteiger partial charge is 0.494 e. The van der Waals surface area contributed by atoms with Crippen LogP contribution < -0.4 is 15.4 Å². The molecule has 3 heterocycles. The van der Waals surface area contributed by atoms with Crippen LogP contribution in [0.5, 0.6) is 5.75 Å². The number of halogens is 2. The minimum absolute atomic E-state index is 0.0708. The molecule has 1 saturated heterocycles. The molecule has 1 aliphatic rings. The van der Waals surface area contributed by atoms with Crippen molar-refractivity contribution in [2.24, 2.45) is 0 Å². The Labute approximate surface area is 185 Å². The topological polar surface area (TPSA) is 96.5 Å². The van der Waals surface area contributed by atoms with E-state index >= 15 is 0 Å². The van der Waals surface area contributed by atoms with E-state index in [4.69, 9.17) is 4.74 Å². The fourth-order valence-corrected chi connectivity index (χ4v) is 3.52. The van der Waals surface area contributed by atoms with Crippen LogP contribution >= 0.6 is 0 Å². The van der Waals surface area contributed by atoms with Crippen LogP contribution in [0.4, 0.5) is 20.4 Å². The first-order valence-corrected chi connectivity index (χ1v) is 10.5. The highest BCUT2D eigenvalue weighted by Crippen LogP contribution is 2.31. The van der Waals surface area contributed by atoms with Gasteiger partial charge in [-0.05, 0) is 38.0 Å². The number of pyridine rings is 2. The van der Waals surface area contributed by atoms with Gasteiger partial charge in [-0.15, -0.1) is 0 Å². The molecular weight excluding hydrogens is 420 g/mol. The lowest BCUT2D eigenvalue weighted by Crippen LogP contribution is -2.55. The lowest BCUT2D eigenvalue weighted by Gasteiger charge is -2.39. The van der Waals surface area contributed by atoms with Gasteiger partial charge in [0.2, 0.25) is 5.91 Å². The van der Waals surface area contributed by atoms with Gasteiger partial charge in [-0.2, -0.15) is 0 Å². The number of aryl methyl sites for hydroxylation is 1. The Balaban J connectivity index is 1.84. The maximum Gasteiger partial charge on any atom is 0.273 e. The number of hydrogen-bond donors (Lipinski definition) is 2. The van der Waals surface area contributed by atoms with Crippen LogP contribution in [0.2, 0.25) is 0 Å². The van der Waals surface area contributed by atoms with E-state index < -0.39 is 24.4 Å². The molecule has 32 heavy (non-hydrogen) atoms. The molecule has 172 valence electrons. The van der Waals surface area contributed by atoms with Gasteiger partial charge in [0, 0.05) is 38.2 Å². The molecule has 3 rings (SSSR count). The summed E-state index contributed by atoms with van der Waals surface area (Å²) in [5.41, 5.74) is 0.630. The molecular formula is C22H27F2N5O3. The Bertz CT molecular complexity index is 986. The van der Waals surface area contributed by atoms with Crippen LogP contribution in [0.3, 0.4) is 0 Å². The number of amides is 2.